The van der Waals surface area contributed by atoms with E-state index in [0.717, 1.165) is 27.1 Å². The molecule has 8 heteroatoms. The maximum absolute atomic E-state index is 12.1. The Balaban J connectivity index is 1.43. The number of carbonyl (C=O) groups is 1. The Morgan fingerprint density at radius 1 is 1.10 bits per heavy atom. The average Bonchev–Trinajstić information content (AvgIpc) is 3.41. The van der Waals surface area contributed by atoms with Crippen LogP contribution in [0.1, 0.15) is 15.2 Å². The SMILES string of the molecule is O=C(NCCn1cc(SCc2ccc([N+](=O)[O-])cc2)c2ccccc21)c1cccs1. The molecule has 1 N–H and O–H groups in total. The maximum atomic E-state index is 12.1. The van der Waals surface area contributed by atoms with Crippen molar-refractivity contribution in [2.75, 3.05) is 6.54 Å². The number of thiophene rings is 1. The number of non-ortho nitro benzene ring substituents is 1. The predicted octanol–water partition coefficient (Wildman–Crippen LogP) is 5.33. The van der Waals surface area contributed by atoms with E-state index in [4.69, 9.17) is 0 Å². The lowest BCUT2D eigenvalue weighted by atomic mass is 10.2. The summed E-state index contributed by atoms with van der Waals surface area (Å²) in [5, 5.41) is 16.8. The van der Waals surface area contributed by atoms with Gasteiger partial charge in [0.15, 0.2) is 0 Å². The Morgan fingerprint density at radius 2 is 1.90 bits per heavy atom. The van der Waals surface area contributed by atoms with Crippen LogP contribution in [-0.4, -0.2) is 21.9 Å². The molecule has 0 aliphatic rings. The molecule has 152 valence electrons. The number of benzene rings is 2. The first-order valence-corrected chi connectivity index (χ1v) is 11.2. The van der Waals surface area contributed by atoms with Gasteiger partial charge in [0, 0.05) is 53.0 Å². The van der Waals surface area contributed by atoms with Gasteiger partial charge in [-0.3, -0.25) is 14.9 Å². The fourth-order valence-corrected chi connectivity index (χ4v) is 4.86. The van der Waals surface area contributed by atoms with Gasteiger partial charge in [0.1, 0.15) is 0 Å². The zero-order chi connectivity index (χ0) is 20.9. The third-order valence-corrected chi connectivity index (χ3v) is 6.66. The van der Waals surface area contributed by atoms with Crippen LogP contribution in [0.25, 0.3) is 10.9 Å². The molecule has 2 heterocycles. The van der Waals surface area contributed by atoms with Gasteiger partial charge in [0.25, 0.3) is 11.6 Å². The van der Waals surface area contributed by atoms with Crippen molar-refractivity contribution in [3.63, 3.8) is 0 Å². The number of hydrogen-bond donors (Lipinski definition) is 1. The molecule has 0 aliphatic heterocycles. The lowest BCUT2D eigenvalue weighted by Crippen LogP contribution is -2.26. The second-order valence-electron chi connectivity index (χ2n) is 6.65. The summed E-state index contributed by atoms with van der Waals surface area (Å²) >= 11 is 3.13. The molecular weight excluding hydrogens is 418 g/mol. The molecule has 0 radical (unpaired) electrons. The van der Waals surface area contributed by atoms with E-state index in [9.17, 15) is 14.9 Å². The maximum Gasteiger partial charge on any atom is 0.269 e. The molecule has 0 bridgehead atoms. The van der Waals surface area contributed by atoms with Crippen molar-refractivity contribution in [1.29, 1.82) is 0 Å². The lowest BCUT2D eigenvalue weighted by molar-refractivity contribution is -0.384. The van der Waals surface area contributed by atoms with Crippen molar-refractivity contribution in [2.45, 2.75) is 17.2 Å². The average molecular weight is 438 g/mol. The normalized spacial score (nSPS) is 10.9. The number of nitro groups is 1. The molecule has 1 amide bonds. The van der Waals surface area contributed by atoms with Crippen molar-refractivity contribution in [2.24, 2.45) is 0 Å². The first-order valence-electron chi connectivity index (χ1n) is 9.37. The summed E-state index contributed by atoms with van der Waals surface area (Å²) < 4.78 is 2.15. The van der Waals surface area contributed by atoms with E-state index in [0.29, 0.717) is 18.0 Å². The van der Waals surface area contributed by atoms with E-state index >= 15 is 0 Å². The van der Waals surface area contributed by atoms with Gasteiger partial charge in [-0.1, -0.05) is 36.4 Å². The summed E-state index contributed by atoms with van der Waals surface area (Å²) in [5.41, 5.74) is 2.25. The Morgan fingerprint density at radius 3 is 2.63 bits per heavy atom. The van der Waals surface area contributed by atoms with Crippen LogP contribution in [0.15, 0.2) is 77.1 Å². The first kappa shape index (κ1) is 20.2. The summed E-state index contributed by atoms with van der Waals surface area (Å²) in [6, 6.07) is 18.5. The zero-order valence-electron chi connectivity index (χ0n) is 16.0. The topological polar surface area (TPSA) is 77.2 Å². The van der Waals surface area contributed by atoms with Gasteiger partial charge in [-0.2, -0.15) is 0 Å². The third kappa shape index (κ3) is 4.55. The lowest BCUT2D eigenvalue weighted by Gasteiger charge is -2.06. The van der Waals surface area contributed by atoms with Crippen LogP contribution in [0, 0.1) is 10.1 Å². The molecule has 6 nitrogen and oxygen atoms in total. The molecule has 30 heavy (non-hydrogen) atoms. The van der Waals surface area contributed by atoms with Crippen LogP contribution in [0.3, 0.4) is 0 Å². The van der Waals surface area contributed by atoms with Crippen LogP contribution in [0.4, 0.5) is 5.69 Å². The highest BCUT2D eigenvalue weighted by atomic mass is 32.2. The number of rotatable bonds is 8. The van der Waals surface area contributed by atoms with Gasteiger partial charge in [-0.15, -0.1) is 23.1 Å². The standard InChI is InChI=1S/C22H19N3O3S2/c26-22(20-6-3-13-29-20)23-11-12-24-14-21(18-4-1-2-5-19(18)24)30-15-16-7-9-17(10-8-16)25(27)28/h1-10,13-14H,11-12,15H2,(H,23,26). The number of amides is 1. The van der Waals surface area contributed by atoms with Gasteiger partial charge in [-0.25, -0.2) is 0 Å². The number of thioether (sulfide) groups is 1. The molecule has 0 aliphatic carbocycles. The molecule has 0 saturated heterocycles. The number of hydrogen-bond acceptors (Lipinski definition) is 5. The number of nitrogens with one attached hydrogen (secondary N) is 1. The highest BCUT2D eigenvalue weighted by Gasteiger charge is 2.11. The van der Waals surface area contributed by atoms with Crippen LogP contribution < -0.4 is 5.32 Å². The second-order valence-corrected chi connectivity index (χ2v) is 8.61. The van der Waals surface area contributed by atoms with Crippen molar-refractivity contribution >= 4 is 45.6 Å². The summed E-state index contributed by atoms with van der Waals surface area (Å²) in [6.07, 6.45) is 2.11. The molecule has 2 aromatic carbocycles. The summed E-state index contributed by atoms with van der Waals surface area (Å²) in [6.45, 7) is 1.22. The van der Waals surface area contributed by atoms with Crippen molar-refractivity contribution in [1.82, 2.24) is 9.88 Å². The molecule has 0 atom stereocenters. The second kappa shape index (κ2) is 9.15. The number of nitrogens with zero attached hydrogens (tertiary/aromatic N) is 2. The van der Waals surface area contributed by atoms with Gasteiger partial charge in [0.2, 0.25) is 0 Å². The Bertz CT molecular complexity index is 1170. The minimum Gasteiger partial charge on any atom is -0.350 e. The molecule has 0 fully saturated rings. The zero-order valence-corrected chi connectivity index (χ0v) is 17.6. The summed E-state index contributed by atoms with van der Waals surface area (Å²) in [5.74, 6) is 0.676. The smallest absolute Gasteiger partial charge is 0.269 e. The van der Waals surface area contributed by atoms with Crippen LogP contribution in [0.2, 0.25) is 0 Å². The molecule has 4 aromatic rings. The highest BCUT2D eigenvalue weighted by Crippen LogP contribution is 2.32. The molecular formula is C22H19N3O3S2. The largest absolute Gasteiger partial charge is 0.350 e. The molecule has 4 rings (SSSR count). The van der Waals surface area contributed by atoms with Crippen LogP contribution >= 0.6 is 23.1 Å². The fraction of sp³-hybridized carbons (Fsp3) is 0.136. The fourth-order valence-electron chi connectivity index (χ4n) is 3.17. The van der Waals surface area contributed by atoms with Crippen molar-refractivity contribution in [3.05, 3.63) is 92.8 Å². The highest BCUT2D eigenvalue weighted by molar-refractivity contribution is 7.98. The van der Waals surface area contributed by atoms with Crippen LogP contribution in [-0.2, 0) is 12.3 Å². The summed E-state index contributed by atoms with van der Waals surface area (Å²) in [4.78, 5) is 24.4. The number of fused-ring (bicyclic) bond motifs is 1. The van der Waals surface area contributed by atoms with E-state index in [2.05, 4.69) is 28.2 Å². The van der Waals surface area contributed by atoms with Gasteiger partial charge < -0.3 is 9.88 Å². The van der Waals surface area contributed by atoms with E-state index < -0.39 is 0 Å². The summed E-state index contributed by atoms with van der Waals surface area (Å²) in [7, 11) is 0. The third-order valence-electron chi connectivity index (χ3n) is 4.68. The van der Waals surface area contributed by atoms with Crippen molar-refractivity contribution in [3.8, 4) is 0 Å². The van der Waals surface area contributed by atoms with E-state index in [1.54, 1.807) is 23.9 Å². The van der Waals surface area contributed by atoms with Crippen LogP contribution in [0.5, 0.6) is 0 Å². The molecule has 0 spiro atoms. The van der Waals surface area contributed by atoms with E-state index in [-0.39, 0.29) is 16.5 Å². The number of carbonyl (C=O) groups excluding carboxylic acids is 1. The van der Waals surface area contributed by atoms with E-state index in [1.165, 1.54) is 23.5 Å². The minimum atomic E-state index is -0.387. The minimum absolute atomic E-state index is 0.0470. The molecule has 0 unspecified atom stereocenters. The number of para-hydroxylation sites is 1. The number of aromatic nitrogens is 1. The van der Waals surface area contributed by atoms with Gasteiger partial charge in [0.05, 0.1) is 9.80 Å². The Hall–Kier alpha value is -3.10. The van der Waals surface area contributed by atoms with E-state index in [1.807, 2.05) is 29.6 Å². The first-order chi connectivity index (χ1) is 14.6. The Kier molecular flexibility index (Phi) is 6.15. The van der Waals surface area contributed by atoms with Gasteiger partial charge >= 0.3 is 0 Å². The van der Waals surface area contributed by atoms with Gasteiger partial charge in [-0.05, 0) is 23.1 Å². The monoisotopic (exact) mass is 437 g/mol. The predicted molar refractivity (Wildman–Crippen MR) is 121 cm³/mol. The molecule has 0 saturated carbocycles. The van der Waals surface area contributed by atoms with Crippen molar-refractivity contribution < 1.29 is 9.72 Å². The quantitative estimate of drug-likeness (QED) is 0.229. The number of nitro benzene ring substituents is 1. The Labute approximate surface area is 181 Å². The molecule has 2 aromatic heterocycles.